The topological polar surface area (TPSA) is 55.1 Å². The number of rotatable bonds is 6. The first-order chi connectivity index (χ1) is 9.69. The summed E-state index contributed by atoms with van der Waals surface area (Å²) >= 11 is 3.51. The second-order valence-corrected chi connectivity index (χ2v) is 6.47. The highest BCUT2D eigenvalue weighted by molar-refractivity contribution is 9.10. The highest BCUT2D eigenvalue weighted by atomic mass is 79.9. The molecule has 3 nitrogen and oxygen atoms in total. The van der Waals surface area contributed by atoms with Crippen LogP contribution >= 0.6 is 15.9 Å². The zero-order valence-electron chi connectivity index (χ0n) is 11.8. The van der Waals surface area contributed by atoms with Gasteiger partial charge in [-0.2, -0.15) is 0 Å². The molecule has 1 fully saturated rings. The van der Waals surface area contributed by atoms with Crippen molar-refractivity contribution in [2.45, 2.75) is 43.9 Å². The van der Waals surface area contributed by atoms with E-state index >= 15 is 0 Å². The molecule has 1 aromatic rings. The van der Waals surface area contributed by atoms with E-state index in [2.05, 4.69) is 33.4 Å². The molecule has 0 radical (unpaired) electrons. The lowest BCUT2D eigenvalue weighted by Gasteiger charge is -2.28. The van der Waals surface area contributed by atoms with Crippen LogP contribution in [0.5, 0.6) is 0 Å². The van der Waals surface area contributed by atoms with Crippen LogP contribution in [0.15, 0.2) is 28.7 Å². The number of carbonyl (C=O) groups excluding carboxylic acids is 1. The van der Waals surface area contributed by atoms with Gasteiger partial charge in [-0.1, -0.05) is 40.9 Å². The second kappa shape index (κ2) is 7.23. The van der Waals surface area contributed by atoms with Gasteiger partial charge >= 0.3 is 0 Å². The third-order valence-corrected chi connectivity index (χ3v) is 4.68. The summed E-state index contributed by atoms with van der Waals surface area (Å²) in [6, 6.07) is 8.19. The Hall–Kier alpha value is -0.870. The number of nitrogens with one attached hydrogen (secondary N) is 1. The average Bonchev–Trinajstić information content (AvgIpc) is 2.94. The molecule has 3 N–H and O–H groups in total. The first-order valence-electron chi connectivity index (χ1n) is 7.43. The number of unbranched alkanes of at least 4 members (excludes halogenated alkanes) is 1. The monoisotopic (exact) mass is 338 g/mol. The van der Waals surface area contributed by atoms with E-state index in [0.29, 0.717) is 6.54 Å². The Labute approximate surface area is 129 Å². The van der Waals surface area contributed by atoms with Gasteiger partial charge in [-0.3, -0.25) is 4.79 Å². The Balaban J connectivity index is 2.11. The minimum Gasteiger partial charge on any atom is -0.355 e. The van der Waals surface area contributed by atoms with Gasteiger partial charge in [0.1, 0.15) is 0 Å². The summed E-state index contributed by atoms with van der Waals surface area (Å²) in [6.45, 7) is 1.42. The minimum absolute atomic E-state index is 0.185. The molecule has 1 aromatic carbocycles. The van der Waals surface area contributed by atoms with E-state index in [1.165, 1.54) is 0 Å². The lowest BCUT2D eigenvalue weighted by molar-refractivity contribution is -0.126. The molecular weight excluding hydrogens is 316 g/mol. The Kier molecular flexibility index (Phi) is 5.61. The van der Waals surface area contributed by atoms with Crippen molar-refractivity contribution in [3.63, 3.8) is 0 Å². The van der Waals surface area contributed by atoms with Gasteiger partial charge in [-0.15, -0.1) is 0 Å². The van der Waals surface area contributed by atoms with Crippen LogP contribution in [0.2, 0.25) is 0 Å². The van der Waals surface area contributed by atoms with Gasteiger partial charge < -0.3 is 11.1 Å². The lowest BCUT2D eigenvalue weighted by atomic mass is 9.78. The van der Waals surface area contributed by atoms with Crippen LogP contribution in [0.3, 0.4) is 0 Å². The maximum atomic E-state index is 12.7. The Morgan fingerprint density at radius 3 is 2.70 bits per heavy atom. The van der Waals surface area contributed by atoms with Crippen LogP contribution in [-0.4, -0.2) is 19.0 Å². The van der Waals surface area contributed by atoms with Crippen LogP contribution in [0.1, 0.15) is 44.1 Å². The van der Waals surface area contributed by atoms with Crippen molar-refractivity contribution in [3.8, 4) is 0 Å². The summed E-state index contributed by atoms with van der Waals surface area (Å²) in [4.78, 5) is 12.7. The summed E-state index contributed by atoms with van der Waals surface area (Å²) < 4.78 is 1.04. The molecule has 1 amide bonds. The Morgan fingerprint density at radius 1 is 1.30 bits per heavy atom. The second-order valence-electron chi connectivity index (χ2n) is 5.55. The van der Waals surface area contributed by atoms with Crippen molar-refractivity contribution in [1.82, 2.24) is 5.32 Å². The third-order valence-electron chi connectivity index (χ3n) is 4.19. The maximum absolute atomic E-state index is 12.7. The number of nitrogens with two attached hydrogens (primary N) is 1. The number of carbonyl (C=O) groups is 1. The highest BCUT2D eigenvalue weighted by Gasteiger charge is 2.42. The molecule has 0 spiro atoms. The maximum Gasteiger partial charge on any atom is 0.230 e. The largest absolute Gasteiger partial charge is 0.355 e. The zero-order chi connectivity index (χ0) is 14.4. The molecule has 0 atom stereocenters. The van der Waals surface area contributed by atoms with Crippen molar-refractivity contribution in [2.24, 2.45) is 5.73 Å². The smallest absolute Gasteiger partial charge is 0.230 e. The third kappa shape index (κ3) is 3.41. The first-order valence-corrected chi connectivity index (χ1v) is 8.23. The molecule has 1 saturated carbocycles. The van der Waals surface area contributed by atoms with Gasteiger partial charge in [0, 0.05) is 11.0 Å². The molecule has 0 bridgehead atoms. The van der Waals surface area contributed by atoms with E-state index in [9.17, 15) is 4.79 Å². The fraction of sp³-hybridized carbons (Fsp3) is 0.562. The lowest BCUT2D eigenvalue weighted by Crippen LogP contribution is -2.43. The number of hydrogen-bond acceptors (Lipinski definition) is 2. The first kappa shape index (κ1) is 15.5. The van der Waals surface area contributed by atoms with Gasteiger partial charge in [-0.25, -0.2) is 0 Å². The van der Waals surface area contributed by atoms with E-state index in [1.54, 1.807) is 0 Å². The van der Waals surface area contributed by atoms with Gasteiger partial charge in [0.15, 0.2) is 0 Å². The molecule has 0 unspecified atom stereocenters. The van der Waals surface area contributed by atoms with Crippen LogP contribution < -0.4 is 11.1 Å². The number of benzene rings is 1. The van der Waals surface area contributed by atoms with Gasteiger partial charge in [0.05, 0.1) is 5.41 Å². The SMILES string of the molecule is NCCCCNC(=O)C1(c2cccc(Br)c2)CCCC1. The number of hydrogen-bond donors (Lipinski definition) is 2. The van der Waals surface area contributed by atoms with E-state index in [0.717, 1.165) is 55.1 Å². The predicted molar refractivity (Wildman–Crippen MR) is 85.6 cm³/mol. The van der Waals surface area contributed by atoms with Crippen molar-refractivity contribution < 1.29 is 4.79 Å². The standard InChI is InChI=1S/C16H23BrN2O/c17-14-7-5-6-13(12-14)16(8-1-2-9-16)15(20)19-11-4-3-10-18/h5-7,12H,1-4,8-11,18H2,(H,19,20). The van der Waals surface area contributed by atoms with Gasteiger partial charge in [0.2, 0.25) is 5.91 Å². The molecule has 0 saturated heterocycles. The molecule has 1 aliphatic rings. The number of amides is 1. The fourth-order valence-corrected chi connectivity index (χ4v) is 3.45. The number of halogens is 1. The molecule has 2 rings (SSSR count). The van der Waals surface area contributed by atoms with Crippen molar-refractivity contribution in [3.05, 3.63) is 34.3 Å². The highest BCUT2D eigenvalue weighted by Crippen LogP contribution is 2.42. The van der Waals surface area contributed by atoms with Crippen LogP contribution in [0.25, 0.3) is 0 Å². The zero-order valence-corrected chi connectivity index (χ0v) is 13.4. The van der Waals surface area contributed by atoms with Crippen LogP contribution in [-0.2, 0) is 10.2 Å². The van der Waals surface area contributed by atoms with Crippen molar-refractivity contribution in [2.75, 3.05) is 13.1 Å². The predicted octanol–water partition coefficient (Wildman–Crippen LogP) is 3.12. The fourth-order valence-electron chi connectivity index (χ4n) is 3.05. The summed E-state index contributed by atoms with van der Waals surface area (Å²) in [5.41, 5.74) is 6.30. The molecule has 0 aromatic heterocycles. The Bertz CT molecular complexity index is 456. The quantitative estimate of drug-likeness (QED) is 0.783. The van der Waals surface area contributed by atoms with Crippen molar-refractivity contribution in [1.29, 1.82) is 0 Å². The van der Waals surface area contributed by atoms with E-state index in [-0.39, 0.29) is 11.3 Å². The molecule has 1 aliphatic carbocycles. The molecule has 0 aliphatic heterocycles. The summed E-state index contributed by atoms with van der Waals surface area (Å²) in [6.07, 6.45) is 6.07. The van der Waals surface area contributed by atoms with Crippen molar-refractivity contribution >= 4 is 21.8 Å². The Morgan fingerprint density at radius 2 is 2.05 bits per heavy atom. The average molecular weight is 339 g/mol. The normalized spacial score (nSPS) is 17.1. The van der Waals surface area contributed by atoms with E-state index in [4.69, 9.17) is 5.73 Å². The minimum atomic E-state index is -0.327. The van der Waals surface area contributed by atoms with E-state index in [1.807, 2.05) is 12.1 Å². The molecule has 20 heavy (non-hydrogen) atoms. The van der Waals surface area contributed by atoms with Gasteiger partial charge in [-0.05, 0) is 49.9 Å². The van der Waals surface area contributed by atoms with Crippen LogP contribution in [0.4, 0.5) is 0 Å². The molecule has 0 heterocycles. The summed E-state index contributed by atoms with van der Waals surface area (Å²) in [5.74, 6) is 0.185. The summed E-state index contributed by atoms with van der Waals surface area (Å²) in [5, 5.41) is 3.11. The molecule has 110 valence electrons. The van der Waals surface area contributed by atoms with Crippen LogP contribution in [0, 0.1) is 0 Å². The summed E-state index contributed by atoms with van der Waals surface area (Å²) in [7, 11) is 0. The molecule has 4 heteroatoms. The van der Waals surface area contributed by atoms with Gasteiger partial charge in [0.25, 0.3) is 0 Å². The van der Waals surface area contributed by atoms with E-state index < -0.39 is 0 Å². The molecular formula is C16H23BrN2O.